The summed E-state index contributed by atoms with van der Waals surface area (Å²) in [7, 11) is -5.25. The molecular formula is C20H18BrF3N2O2S2. The predicted octanol–water partition coefficient (Wildman–Crippen LogP) is 6.27. The lowest BCUT2D eigenvalue weighted by Crippen LogP contribution is -2.24. The molecule has 3 rings (SSSR count). The van der Waals surface area contributed by atoms with E-state index in [4.69, 9.17) is 0 Å². The van der Waals surface area contributed by atoms with Crippen LogP contribution in [0.15, 0.2) is 46.4 Å². The van der Waals surface area contributed by atoms with E-state index in [-0.39, 0.29) is 10.0 Å². The third kappa shape index (κ3) is 5.28. The van der Waals surface area contributed by atoms with Gasteiger partial charge in [-0.2, -0.15) is 13.2 Å². The van der Waals surface area contributed by atoms with Gasteiger partial charge in [-0.3, -0.25) is 4.98 Å². The maximum Gasteiger partial charge on any atom is 0.497 e. The molecule has 0 aliphatic heterocycles. The van der Waals surface area contributed by atoms with Crippen molar-refractivity contribution in [3.8, 4) is 21.8 Å². The first-order valence-electron chi connectivity index (χ1n) is 8.95. The zero-order chi connectivity index (χ0) is 22.1. The van der Waals surface area contributed by atoms with Crippen LogP contribution in [0.25, 0.3) is 21.8 Å². The third-order valence-corrected chi connectivity index (χ3v) is 7.26. The molecule has 3 aromatic rings. The Morgan fingerprint density at radius 1 is 1.13 bits per heavy atom. The molecular weight excluding hydrogens is 501 g/mol. The Bertz CT molecular complexity index is 1160. The van der Waals surface area contributed by atoms with Crippen LogP contribution in [0.2, 0.25) is 0 Å². The molecule has 0 aliphatic rings. The molecule has 0 atom stereocenters. The van der Waals surface area contributed by atoms with Crippen LogP contribution in [0, 0.1) is 5.92 Å². The van der Waals surface area contributed by atoms with Crippen LogP contribution in [0.4, 0.5) is 13.2 Å². The van der Waals surface area contributed by atoms with Gasteiger partial charge in [-0.1, -0.05) is 41.9 Å². The van der Waals surface area contributed by atoms with Crippen molar-refractivity contribution in [3.05, 3.63) is 57.6 Å². The Labute approximate surface area is 185 Å². The first-order chi connectivity index (χ1) is 14.0. The van der Waals surface area contributed by atoms with Gasteiger partial charge in [0.15, 0.2) is 0 Å². The van der Waals surface area contributed by atoms with Gasteiger partial charge in [-0.25, -0.2) is 13.4 Å². The lowest BCUT2D eigenvalue weighted by atomic mass is 10.1. The number of pyridine rings is 1. The largest absolute Gasteiger partial charge is 0.497 e. The fourth-order valence-electron chi connectivity index (χ4n) is 2.79. The van der Waals surface area contributed by atoms with Crippen molar-refractivity contribution >= 4 is 37.1 Å². The second-order valence-corrected chi connectivity index (χ2v) is 10.9. The summed E-state index contributed by atoms with van der Waals surface area (Å²) in [6.45, 7) is 4.24. The highest BCUT2D eigenvalue weighted by molar-refractivity contribution is 9.10. The van der Waals surface area contributed by atoms with Gasteiger partial charge in [0.05, 0.1) is 11.4 Å². The van der Waals surface area contributed by atoms with E-state index in [1.807, 2.05) is 17.5 Å². The lowest BCUT2D eigenvalue weighted by molar-refractivity contribution is -0.0437. The number of halogens is 4. The zero-order valence-corrected chi connectivity index (χ0v) is 19.3. The minimum Gasteiger partial charge on any atom is -0.261 e. The second kappa shape index (κ2) is 8.76. The molecule has 2 heterocycles. The lowest BCUT2D eigenvalue weighted by Gasteiger charge is -2.10. The van der Waals surface area contributed by atoms with Crippen LogP contribution in [0.1, 0.15) is 25.1 Å². The molecule has 30 heavy (non-hydrogen) atoms. The van der Waals surface area contributed by atoms with Gasteiger partial charge in [-0.05, 0) is 36.1 Å². The molecule has 1 aromatic carbocycles. The van der Waals surface area contributed by atoms with Crippen LogP contribution < -0.4 is 0 Å². The van der Waals surface area contributed by atoms with Crippen molar-refractivity contribution < 1.29 is 21.6 Å². The zero-order valence-electron chi connectivity index (χ0n) is 16.1. The van der Waals surface area contributed by atoms with Crippen molar-refractivity contribution in [3.63, 3.8) is 0 Å². The van der Waals surface area contributed by atoms with E-state index in [0.29, 0.717) is 17.2 Å². The van der Waals surface area contributed by atoms with Crippen LogP contribution in [-0.2, 0) is 22.0 Å². The van der Waals surface area contributed by atoms with E-state index in [0.717, 1.165) is 22.7 Å². The minimum atomic E-state index is -5.28. The maximum atomic E-state index is 12.6. The van der Waals surface area contributed by atoms with E-state index in [9.17, 15) is 21.6 Å². The maximum absolute atomic E-state index is 12.6. The molecule has 0 radical (unpaired) electrons. The molecule has 0 saturated carbocycles. The van der Waals surface area contributed by atoms with Gasteiger partial charge in [0, 0.05) is 32.9 Å². The van der Waals surface area contributed by atoms with Crippen molar-refractivity contribution in [1.29, 1.82) is 0 Å². The average molecular weight is 519 g/mol. The minimum absolute atomic E-state index is 0.0407. The molecule has 0 aliphatic carbocycles. The molecule has 2 aromatic heterocycles. The summed E-state index contributed by atoms with van der Waals surface area (Å²) in [4.78, 5) is 9.01. The Morgan fingerprint density at radius 2 is 1.87 bits per heavy atom. The summed E-state index contributed by atoms with van der Waals surface area (Å²) in [5.41, 5.74) is -1.98. The Balaban J connectivity index is 1.85. The highest BCUT2D eigenvalue weighted by Gasteiger charge is 2.45. The Hall–Kier alpha value is -1.78. The molecule has 0 unspecified atom stereocenters. The number of rotatable bonds is 6. The van der Waals surface area contributed by atoms with Crippen LogP contribution in [0.5, 0.6) is 0 Å². The summed E-state index contributed by atoms with van der Waals surface area (Å²) < 4.78 is 61.0. The van der Waals surface area contributed by atoms with Crippen molar-refractivity contribution in [2.75, 3.05) is 0 Å². The van der Waals surface area contributed by atoms with Crippen molar-refractivity contribution in [2.24, 2.45) is 5.92 Å². The Kier molecular flexibility index (Phi) is 6.69. The summed E-state index contributed by atoms with van der Waals surface area (Å²) in [6.07, 6.45) is 2.61. The highest BCUT2D eigenvalue weighted by atomic mass is 79.9. The molecule has 10 heteroatoms. The van der Waals surface area contributed by atoms with Gasteiger partial charge in [0.1, 0.15) is 5.01 Å². The van der Waals surface area contributed by atoms with E-state index < -0.39 is 21.1 Å². The fraction of sp³-hybridized carbons (Fsp3) is 0.300. The molecule has 0 saturated heterocycles. The fourth-order valence-corrected chi connectivity index (χ4v) is 5.15. The van der Waals surface area contributed by atoms with E-state index >= 15 is 0 Å². The smallest absolute Gasteiger partial charge is 0.261 e. The quantitative estimate of drug-likeness (QED) is 0.385. The molecule has 0 bridgehead atoms. The van der Waals surface area contributed by atoms with Gasteiger partial charge in [-0.15, -0.1) is 11.3 Å². The molecule has 0 N–H and O–H groups in total. The monoisotopic (exact) mass is 518 g/mol. The molecule has 0 fully saturated rings. The molecule has 160 valence electrons. The Morgan fingerprint density at radius 3 is 2.50 bits per heavy atom. The van der Waals surface area contributed by atoms with E-state index in [1.54, 1.807) is 18.3 Å². The van der Waals surface area contributed by atoms with Crippen LogP contribution in [-0.4, -0.2) is 23.9 Å². The van der Waals surface area contributed by atoms with Crippen molar-refractivity contribution in [2.45, 2.75) is 31.5 Å². The summed E-state index contributed by atoms with van der Waals surface area (Å²) in [5.74, 6) is -0.633. The topological polar surface area (TPSA) is 59.9 Å². The number of sulfone groups is 1. The van der Waals surface area contributed by atoms with Gasteiger partial charge < -0.3 is 0 Å². The first kappa shape index (κ1) is 22.9. The van der Waals surface area contributed by atoms with Crippen molar-refractivity contribution in [1.82, 2.24) is 9.97 Å². The standard InChI is InChI=1S/C20H18BrF3N2O2S2/c1-12(2)7-16-8-14(5-6-25-16)19-26-18(10-29-19)13-3-4-15(17(21)9-13)11-30(27,28)20(22,23)24/h3-6,8-10,12H,7,11H2,1-2H3. The first-order valence-corrected chi connectivity index (χ1v) is 12.3. The number of thiazole rings is 1. The van der Waals surface area contributed by atoms with Gasteiger partial charge >= 0.3 is 5.51 Å². The number of benzene rings is 1. The van der Waals surface area contributed by atoms with Gasteiger partial charge in [0.25, 0.3) is 9.84 Å². The number of hydrogen-bond acceptors (Lipinski definition) is 5. The van der Waals surface area contributed by atoms with E-state index in [1.165, 1.54) is 17.4 Å². The normalized spacial score (nSPS) is 12.5. The number of hydrogen-bond donors (Lipinski definition) is 0. The van der Waals surface area contributed by atoms with Crippen LogP contribution >= 0.6 is 27.3 Å². The molecule has 4 nitrogen and oxygen atoms in total. The van der Waals surface area contributed by atoms with E-state index in [2.05, 4.69) is 39.7 Å². The number of aromatic nitrogens is 2. The molecule has 0 spiro atoms. The summed E-state index contributed by atoms with van der Waals surface area (Å²) in [6, 6.07) is 8.41. The van der Waals surface area contributed by atoms with Gasteiger partial charge in [0.2, 0.25) is 0 Å². The molecule has 0 amide bonds. The summed E-state index contributed by atoms with van der Waals surface area (Å²) >= 11 is 4.63. The predicted molar refractivity (Wildman–Crippen MR) is 116 cm³/mol. The third-order valence-electron chi connectivity index (χ3n) is 4.23. The number of alkyl halides is 3. The number of nitrogens with zero attached hydrogens (tertiary/aromatic N) is 2. The summed E-state index contributed by atoms with van der Waals surface area (Å²) in [5, 5.41) is 2.66. The second-order valence-electron chi connectivity index (χ2n) is 7.18. The average Bonchev–Trinajstić information content (AvgIpc) is 3.12. The highest BCUT2D eigenvalue weighted by Crippen LogP contribution is 2.33. The SMILES string of the molecule is CC(C)Cc1cc(-c2nc(-c3ccc(CS(=O)(=O)C(F)(F)F)c(Br)c3)cs2)ccn1. The van der Waals surface area contributed by atoms with Crippen LogP contribution in [0.3, 0.4) is 0 Å².